The Morgan fingerprint density at radius 1 is 0.833 bits per heavy atom. The van der Waals surface area contributed by atoms with Gasteiger partial charge in [-0.25, -0.2) is 0 Å². The number of hydrogen-bond donors (Lipinski definition) is 2. The summed E-state index contributed by atoms with van der Waals surface area (Å²) in [5.74, 6) is 0. The van der Waals surface area contributed by atoms with Crippen LogP contribution in [-0.4, -0.2) is 19.4 Å². The topological polar surface area (TPSA) is 29.1 Å². The zero-order chi connectivity index (χ0) is 17.8. The van der Waals surface area contributed by atoms with Crippen LogP contribution in [0.2, 0.25) is 0 Å². The van der Waals surface area contributed by atoms with Crippen molar-refractivity contribution in [2.24, 2.45) is 0 Å². The van der Waals surface area contributed by atoms with E-state index in [1.807, 2.05) is 12.1 Å². The van der Waals surface area contributed by atoms with Gasteiger partial charge in [0.25, 0.3) is 0 Å². The summed E-state index contributed by atoms with van der Waals surface area (Å²) in [6, 6.07) is 14.8. The van der Waals surface area contributed by atoms with Gasteiger partial charge < -0.3 is 0 Å². The third kappa shape index (κ3) is 3.13. The van der Waals surface area contributed by atoms with Gasteiger partial charge in [0.05, 0.1) is 0 Å². The fraction of sp³-hybridized carbons (Fsp3) is 0.400. The summed E-state index contributed by atoms with van der Waals surface area (Å²) in [7, 11) is -2.68. The second-order valence-corrected chi connectivity index (χ2v) is 13.4. The van der Waals surface area contributed by atoms with Crippen LogP contribution in [0.15, 0.2) is 52.3 Å². The molecule has 130 valence electrons. The summed E-state index contributed by atoms with van der Waals surface area (Å²) in [4.78, 5) is 1.92. The van der Waals surface area contributed by atoms with E-state index in [0.29, 0.717) is 0 Å². The molecule has 0 aliphatic carbocycles. The molecule has 2 aromatic carbocycles. The van der Waals surface area contributed by atoms with Gasteiger partial charge in [-0.15, -0.1) is 0 Å². The van der Waals surface area contributed by atoms with E-state index in [0.717, 1.165) is 9.79 Å². The molecule has 0 fully saturated rings. The predicted octanol–water partition coefficient (Wildman–Crippen LogP) is 3.48. The van der Waals surface area contributed by atoms with Crippen molar-refractivity contribution in [3.8, 4) is 0 Å². The first-order valence-corrected chi connectivity index (χ1v) is 11.7. The normalized spacial score (nSPS) is 18.2. The van der Waals surface area contributed by atoms with Gasteiger partial charge in [0.15, 0.2) is 0 Å². The molecule has 0 radical (unpaired) electrons. The van der Waals surface area contributed by atoms with Crippen LogP contribution in [-0.2, 0) is 20.9 Å². The van der Waals surface area contributed by atoms with E-state index < -0.39 is 10.1 Å². The number of benzene rings is 2. The van der Waals surface area contributed by atoms with Crippen LogP contribution in [0.1, 0.15) is 52.7 Å². The van der Waals surface area contributed by atoms with E-state index in [9.17, 15) is 4.21 Å². The molecule has 1 aliphatic rings. The molecular formula is C20H27NOSSe. The van der Waals surface area contributed by atoms with Gasteiger partial charge in [0, 0.05) is 0 Å². The third-order valence-electron chi connectivity index (χ3n) is 4.55. The fourth-order valence-corrected chi connectivity index (χ4v) is 9.29. The standard InChI is InChI=1S/C20H27NOSSe/c1-19(2,3)14-7-10-16(11-8-14)23(22)17-12-9-15(20(4,5)6)13-18(17)24-21-23/h7-13,23H,1-6H3,(H,21,22). The van der Waals surface area contributed by atoms with E-state index in [-0.39, 0.29) is 26.0 Å². The fourth-order valence-electron chi connectivity index (χ4n) is 2.85. The van der Waals surface area contributed by atoms with E-state index in [4.69, 9.17) is 0 Å². The van der Waals surface area contributed by atoms with Gasteiger partial charge >= 0.3 is 153 Å². The average Bonchev–Trinajstić information content (AvgIpc) is 2.84. The summed E-state index contributed by atoms with van der Waals surface area (Å²) >= 11 is 0.0643. The molecule has 0 saturated carbocycles. The second kappa shape index (κ2) is 5.81. The summed E-state index contributed by atoms with van der Waals surface area (Å²) in [6.07, 6.45) is 0. The molecule has 0 amide bonds. The molecule has 0 atom stereocenters. The van der Waals surface area contributed by atoms with Crippen molar-refractivity contribution in [1.82, 2.24) is 3.74 Å². The second-order valence-electron chi connectivity index (χ2n) is 8.53. The third-order valence-corrected chi connectivity index (χ3v) is 10.7. The van der Waals surface area contributed by atoms with Crippen molar-refractivity contribution >= 4 is 29.8 Å². The summed E-state index contributed by atoms with van der Waals surface area (Å²) in [6.45, 7) is 13.2. The maximum atomic E-state index is 13.7. The van der Waals surface area contributed by atoms with Gasteiger partial charge in [-0.3, -0.25) is 0 Å². The zero-order valence-corrected chi connectivity index (χ0v) is 17.9. The number of thiol groups is 1. The van der Waals surface area contributed by atoms with Crippen molar-refractivity contribution in [2.45, 2.75) is 62.2 Å². The molecule has 1 aliphatic heterocycles. The van der Waals surface area contributed by atoms with Crippen molar-refractivity contribution < 1.29 is 4.21 Å². The van der Waals surface area contributed by atoms with Crippen molar-refractivity contribution in [3.63, 3.8) is 0 Å². The van der Waals surface area contributed by atoms with Gasteiger partial charge in [-0.1, -0.05) is 0 Å². The number of nitrogens with one attached hydrogen (secondary N) is 1. The molecule has 2 nitrogen and oxygen atoms in total. The zero-order valence-electron chi connectivity index (χ0n) is 15.3. The Morgan fingerprint density at radius 3 is 1.92 bits per heavy atom. The van der Waals surface area contributed by atoms with E-state index in [2.05, 4.69) is 75.6 Å². The van der Waals surface area contributed by atoms with Gasteiger partial charge in [0.1, 0.15) is 0 Å². The molecule has 0 aromatic heterocycles. The van der Waals surface area contributed by atoms with Crippen molar-refractivity contribution in [1.29, 1.82) is 0 Å². The molecule has 24 heavy (non-hydrogen) atoms. The molecule has 1 N–H and O–H groups in total. The van der Waals surface area contributed by atoms with E-state index in [1.165, 1.54) is 15.6 Å². The molecule has 0 spiro atoms. The summed E-state index contributed by atoms with van der Waals surface area (Å²) < 4.78 is 18.3. The van der Waals surface area contributed by atoms with Gasteiger partial charge in [0.2, 0.25) is 0 Å². The molecule has 4 heteroatoms. The molecule has 0 bridgehead atoms. The minimum absolute atomic E-state index is 0.0643. The Morgan fingerprint density at radius 2 is 1.38 bits per heavy atom. The van der Waals surface area contributed by atoms with Crippen LogP contribution >= 0.6 is 0 Å². The summed E-state index contributed by atoms with van der Waals surface area (Å²) in [5.41, 5.74) is 2.80. The Kier molecular flexibility index (Phi) is 4.33. The average molecular weight is 408 g/mol. The van der Waals surface area contributed by atoms with Crippen LogP contribution in [0.3, 0.4) is 0 Å². The number of fused-ring (bicyclic) bond motifs is 1. The number of hydrogen-bond acceptors (Lipinski definition) is 1. The van der Waals surface area contributed by atoms with Crippen LogP contribution < -0.4 is 8.20 Å². The predicted molar refractivity (Wildman–Crippen MR) is 105 cm³/mol. The Balaban J connectivity index is 2.01. The molecule has 3 rings (SSSR count). The van der Waals surface area contributed by atoms with Crippen molar-refractivity contribution in [3.05, 3.63) is 53.6 Å². The molecular weight excluding hydrogens is 381 g/mol. The van der Waals surface area contributed by atoms with Gasteiger partial charge in [-0.2, -0.15) is 0 Å². The van der Waals surface area contributed by atoms with Crippen LogP contribution in [0.5, 0.6) is 0 Å². The monoisotopic (exact) mass is 409 g/mol. The minimum atomic E-state index is -2.68. The van der Waals surface area contributed by atoms with Crippen LogP contribution in [0, 0.1) is 0 Å². The molecule has 1 heterocycles. The first kappa shape index (κ1) is 17.9. The Bertz CT molecular complexity index is 813. The molecule has 2 aromatic rings. The SMILES string of the molecule is CC(C)(C)c1ccc([SH]2(=O)N[Se]c3cc(C(C)(C)C)ccc32)cc1. The Labute approximate surface area is 153 Å². The maximum absolute atomic E-state index is 13.7. The molecule has 0 saturated heterocycles. The van der Waals surface area contributed by atoms with Crippen LogP contribution in [0.25, 0.3) is 0 Å². The van der Waals surface area contributed by atoms with Crippen molar-refractivity contribution in [2.75, 3.05) is 0 Å². The van der Waals surface area contributed by atoms with Crippen LogP contribution in [0.4, 0.5) is 0 Å². The van der Waals surface area contributed by atoms with Gasteiger partial charge in [-0.05, 0) is 0 Å². The Hall–Kier alpha value is -0.931. The number of rotatable bonds is 1. The van der Waals surface area contributed by atoms with E-state index >= 15 is 0 Å². The first-order valence-electron chi connectivity index (χ1n) is 8.32. The molecule has 0 unspecified atom stereocenters. The van der Waals surface area contributed by atoms with E-state index in [1.54, 1.807) is 0 Å². The summed E-state index contributed by atoms with van der Waals surface area (Å²) in [5, 5.41) is 0. The first-order chi connectivity index (χ1) is 11.0. The quantitative estimate of drug-likeness (QED) is 0.549.